The molecule has 0 aliphatic carbocycles. The highest BCUT2D eigenvalue weighted by Gasteiger charge is 2.10. The van der Waals surface area contributed by atoms with E-state index in [2.05, 4.69) is 10.5 Å². The average Bonchev–Trinajstić information content (AvgIpc) is 3.14. The van der Waals surface area contributed by atoms with Crippen molar-refractivity contribution < 1.29 is 23.1 Å². The number of nitrogens with zero attached hydrogens (tertiary/aromatic N) is 1. The third-order valence-corrected chi connectivity index (χ3v) is 3.98. The summed E-state index contributed by atoms with van der Waals surface area (Å²) in [6, 6.07) is 12.9. The minimum absolute atomic E-state index is 0.282. The first-order valence-electron chi connectivity index (χ1n) is 8.49. The van der Waals surface area contributed by atoms with E-state index < -0.39 is 0 Å². The van der Waals surface area contributed by atoms with Crippen molar-refractivity contribution >= 4 is 12.1 Å². The van der Waals surface area contributed by atoms with Crippen LogP contribution in [0.1, 0.15) is 27.2 Å². The average molecular weight is 382 g/mol. The number of hydrogen-bond acceptors (Lipinski definition) is 5. The molecule has 0 bridgehead atoms. The topological polar surface area (TPSA) is 73.1 Å². The molecule has 0 radical (unpaired) electrons. The zero-order valence-electron chi connectivity index (χ0n) is 15.4. The van der Waals surface area contributed by atoms with Crippen LogP contribution in [0, 0.1) is 12.7 Å². The maximum atomic E-state index is 13.0. The molecular formula is C21H19FN2O4. The lowest BCUT2D eigenvalue weighted by Crippen LogP contribution is -2.17. The summed E-state index contributed by atoms with van der Waals surface area (Å²) in [7, 11) is 1.53. The second-order valence-corrected chi connectivity index (χ2v) is 5.92. The first-order chi connectivity index (χ1) is 13.6. The molecule has 0 aliphatic rings. The van der Waals surface area contributed by atoms with E-state index >= 15 is 0 Å². The van der Waals surface area contributed by atoms with Gasteiger partial charge in [-0.2, -0.15) is 5.10 Å². The van der Waals surface area contributed by atoms with Gasteiger partial charge in [0.2, 0.25) is 0 Å². The molecule has 144 valence electrons. The summed E-state index contributed by atoms with van der Waals surface area (Å²) in [6.07, 6.45) is 2.95. The molecule has 1 aromatic heterocycles. The van der Waals surface area contributed by atoms with Crippen LogP contribution >= 0.6 is 0 Å². The number of rotatable bonds is 7. The molecule has 6 nitrogen and oxygen atoms in total. The number of methoxy groups -OCH3 is 1. The Kier molecular flexibility index (Phi) is 6.06. The largest absolute Gasteiger partial charge is 0.493 e. The first-order valence-corrected chi connectivity index (χ1v) is 8.49. The molecule has 0 aliphatic heterocycles. The van der Waals surface area contributed by atoms with E-state index in [1.165, 1.54) is 31.7 Å². The number of hydrogen-bond donors (Lipinski definition) is 1. The zero-order valence-corrected chi connectivity index (χ0v) is 15.4. The maximum absolute atomic E-state index is 13.0. The number of carbonyl (C=O) groups is 1. The molecule has 0 saturated carbocycles. The molecule has 1 heterocycles. The first kappa shape index (κ1) is 19.2. The van der Waals surface area contributed by atoms with E-state index in [-0.39, 0.29) is 18.3 Å². The fraction of sp³-hybridized carbons (Fsp3) is 0.143. The van der Waals surface area contributed by atoms with Gasteiger partial charge in [-0.25, -0.2) is 9.82 Å². The van der Waals surface area contributed by atoms with E-state index in [4.69, 9.17) is 13.9 Å². The van der Waals surface area contributed by atoms with E-state index in [9.17, 15) is 9.18 Å². The summed E-state index contributed by atoms with van der Waals surface area (Å²) < 4.78 is 29.1. The van der Waals surface area contributed by atoms with E-state index in [0.29, 0.717) is 22.8 Å². The third-order valence-electron chi connectivity index (χ3n) is 3.98. The van der Waals surface area contributed by atoms with Crippen molar-refractivity contribution in [2.45, 2.75) is 13.5 Å². The van der Waals surface area contributed by atoms with Crippen LogP contribution in [0.25, 0.3) is 0 Å². The van der Waals surface area contributed by atoms with Crippen molar-refractivity contribution in [3.63, 3.8) is 0 Å². The molecule has 0 saturated heterocycles. The number of carbonyl (C=O) groups excluding carboxylic acids is 1. The highest BCUT2D eigenvalue weighted by molar-refractivity contribution is 5.95. The molecule has 0 unspecified atom stereocenters. The minimum atomic E-state index is -0.353. The summed E-state index contributed by atoms with van der Waals surface area (Å²) in [6.45, 7) is 1.98. The third kappa shape index (κ3) is 4.76. The van der Waals surface area contributed by atoms with Crippen LogP contribution in [0.2, 0.25) is 0 Å². The van der Waals surface area contributed by atoms with Gasteiger partial charge in [-0.3, -0.25) is 4.79 Å². The molecule has 1 amide bonds. The fourth-order valence-corrected chi connectivity index (χ4v) is 2.47. The van der Waals surface area contributed by atoms with Crippen molar-refractivity contribution in [2.75, 3.05) is 7.11 Å². The Labute approximate surface area is 161 Å². The number of aryl methyl sites for hydroxylation is 1. The summed E-state index contributed by atoms with van der Waals surface area (Å²) in [5, 5.41) is 3.95. The Balaban J connectivity index is 1.62. The Morgan fingerprint density at radius 2 is 1.96 bits per heavy atom. The fourth-order valence-electron chi connectivity index (χ4n) is 2.47. The SMILES string of the molecule is COc1cc(/C=N\NC(=O)c2ccoc2C)ccc1OCc1ccc(F)cc1. The Morgan fingerprint density at radius 1 is 1.18 bits per heavy atom. The molecule has 1 N–H and O–H groups in total. The number of nitrogens with one attached hydrogen (secondary N) is 1. The summed E-state index contributed by atoms with van der Waals surface area (Å²) in [4.78, 5) is 12.0. The van der Waals surface area contributed by atoms with Gasteiger partial charge in [0, 0.05) is 0 Å². The Hall–Kier alpha value is -3.61. The molecule has 3 rings (SSSR count). The van der Waals surface area contributed by atoms with Crippen molar-refractivity contribution in [3.8, 4) is 11.5 Å². The van der Waals surface area contributed by atoms with Crippen LogP contribution in [0.5, 0.6) is 11.5 Å². The van der Waals surface area contributed by atoms with Crippen molar-refractivity contribution in [2.24, 2.45) is 5.10 Å². The molecule has 0 spiro atoms. The second-order valence-electron chi connectivity index (χ2n) is 5.92. The molecule has 0 atom stereocenters. The number of ether oxygens (including phenoxy) is 2. The Bertz CT molecular complexity index is 980. The standard InChI is InChI=1S/C21H19FN2O4/c1-14-18(9-10-27-14)21(25)24-23-12-16-5-8-19(20(11-16)26-2)28-13-15-3-6-17(22)7-4-15/h3-12H,13H2,1-2H3,(H,24,25)/b23-12-. The molecule has 0 fully saturated rings. The normalized spacial score (nSPS) is 10.8. The molecule has 28 heavy (non-hydrogen) atoms. The van der Waals surface area contributed by atoms with Crippen LogP contribution < -0.4 is 14.9 Å². The lowest BCUT2D eigenvalue weighted by Gasteiger charge is -2.11. The van der Waals surface area contributed by atoms with Crippen molar-refractivity contribution in [3.05, 3.63) is 83.1 Å². The quantitative estimate of drug-likeness (QED) is 0.494. The monoisotopic (exact) mass is 382 g/mol. The van der Waals surface area contributed by atoms with E-state index in [0.717, 1.165) is 11.1 Å². The number of halogens is 1. The van der Waals surface area contributed by atoms with Crippen molar-refractivity contribution in [1.82, 2.24) is 5.43 Å². The zero-order chi connectivity index (χ0) is 19.9. The van der Waals surface area contributed by atoms with Gasteiger partial charge in [0.1, 0.15) is 18.2 Å². The van der Waals surface area contributed by atoms with Gasteiger partial charge in [0.05, 0.1) is 25.2 Å². The number of benzene rings is 2. The lowest BCUT2D eigenvalue weighted by molar-refractivity contribution is 0.0953. The number of amides is 1. The predicted octanol–water partition coefficient (Wildman–Crippen LogP) is 4.08. The maximum Gasteiger partial charge on any atom is 0.274 e. The van der Waals surface area contributed by atoms with Gasteiger partial charge < -0.3 is 13.9 Å². The Morgan fingerprint density at radius 3 is 2.64 bits per heavy atom. The van der Waals surface area contributed by atoms with Gasteiger partial charge >= 0.3 is 0 Å². The summed E-state index contributed by atoms with van der Waals surface area (Å²) in [5.41, 5.74) is 4.43. The highest BCUT2D eigenvalue weighted by atomic mass is 19.1. The number of furan rings is 1. The van der Waals surface area contributed by atoms with Gasteiger partial charge in [-0.05, 0) is 54.4 Å². The van der Waals surface area contributed by atoms with Gasteiger partial charge in [0.25, 0.3) is 5.91 Å². The lowest BCUT2D eigenvalue weighted by atomic mass is 10.2. The van der Waals surface area contributed by atoms with E-state index in [1.54, 1.807) is 43.3 Å². The van der Waals surface area contributed by atoms with Crippen LogP contribution in [-0.2, 0) is 6.61 Å². The molecule has 2 aromatic carbocycles. The second kappa shape index (κ2) is 8.85. The highest BCUT2D eigenvalue weighted by Crippen LogP contribution is 2.28. The smallest absolute Gasteiger partial charge is 0.274 e. The van der Waals surface area contributed by atoms with Crippen LogP contribution in [-0.4, -0.2) is 19.2 Å². The van der Waals surface area contributed by atoms with E-state index in [1.807, 2.05) is 0 Å². The number of hydrazone groups is 1. The predicted molar refractivity (Wildman–Crippen MR) is 102 cm³/mol. The van der Waals surface area contributed by atoms with Crippen molar-refractivity contribution in [1.29, 1.82) is 0 Å². The van der Waals surface area contributed by atoms with Crippen LogP contribution in [0.15, 0.2) is 64.3 Å². The van der Waals surface area contributed by atoms with Crippen LogP contribution in [0.4, 0.5) is 4.39 Å². The summed E-state index contributed by atoms with van der Waals surface area (Å²) in [5.74, 6) is 0.941. The molecular weight excluding hydrogens is 363 g/mol. The van der Waals surface area contributed by atoms with Gasteiger partial charge in [-0.15, -0.1) is 0 Å². The van der Waals surface area contributed by atoms with Gasteiger partial charge in [0.15, 0.2) is 11.5 Å². The summed E-state index contributed by atoms with van der Waals surface area (Å²) >= 11 is 0. The van der Waals surface area contributed by atoms with Crippen LogP contribution in [0.3, 0.4) is 0 Å². The molecule has 7 heteroatoms. The van der Waals surface area contributed by atoms with Gasteiger partial charge in [-0.1, -0.05) is 12.1 Å². The minimum Gasteiger partial charge on any atom is -0.493 e. The molecule has 3 aromatic rings.